The van der Waals surface area contributed by atoms with Crippen LogP contribution in [0.25, 0.3) is 0 Å². The van der Waals surface area contributed by atoms with E-state index in [9.17, 15) is 4.79 Å². The summed E-state index contributed by atoms with van der Waals surface area (Å²) in [6.45, 7) is 3.83. The van der Waals surface area contributed by atoms with Gasteiger partial charge in [0.05, 0.1) is 13.2 Å². The molecule has 26 heavy (non-hydrogen) atoms. The second kappa shape index (κ2) is 9.22. The summed E-state index contributed by atoms with van der Waals surface area (Å²) >= 11 is 0. The van der Waals surface area contributed by atoms with E-state index in [2.05, 4.69) is 12.2 Å². The molecule has 0 radical (unpaired) electrons. The number of unbranched alkanes of at least 4 members (excludes halogenated alkanes) is 1. The average Bonchev–Trinajstić information content (AvgIpc) is 2.64. The number of nitrogens with one attached hydrogen (secondary N) is 1. The Balaban J connectivity index is 1.97. The van der Waals surface area contributed by atoms with Crippen molar-refractivity contribution in [3.8, 4) is 17.2 Å². The Labute approximate surface area is 153 Å². The Bertz CT molecular complexity index is 714. The highest BCUT2D eigenvalue weighted by molar-refractivity contribution is 5.97. The highest BCUT2D eigenvalue weighted by atomic mass is 16.5. The van der Waals surface area contributed by atoms with Crippen molar-refractivity contribution in [2.24, 2.45) is 5.73 Å². The maximum absolute atomic E-state index is 11.9. The number of hydrogen-bond donors (Lipinski definition) is 3. The van der Waals surface area contributed by atoms with E-state index in [0.29, 0.717) is 23.8 Å². The van der Waals surface area contributed by atoms with Crippen molar-refractivity contribution in [2.75, 3.05) is 18.5 Å². The van der Waals surface area contributed by atoms with E-state index in [1.807, 2.05) is 24.3 Å². The predicted octanol–water partition coefficient (Wildman–Crippen LogP) is 3.31. The number of anilines is 1. The number of rotatable bonds is 9. The summed E-state index contributed by atoms with van der Waals surface area (Å²) in [6, 6.07) is 14.4. The lowest BCUT2D eigenvalue weighted by Gasteiger charge is -2.20. The summed E-state index contributed by atoms with van der Waals surface area (Å²) in [6.07, 6.45) is 2.09. The van der Waals surface area contributed by atoms with E-state index in [4.69, 9.17) is 20.3 Å². The van der Waals surface area contributed by atoms with Gasteiger partial charge >= 0.3 is 0 Å². The van der Waals surface area contributed by atoms with Gasteiger partial charge in [-0.1, -0.05) is 19.4 Å². The van der Waals surface area contributed by atoms with Crippen molar-refractivity contribution in [2.45, 2.75) is 32.2 Å². The van der Waals surface area contributed by atoms with Gasteiger partial charge in [-0.3, -0.25) is 4.79 Å². The molecule has 0 spiro atoms. The van der Waals surface area contributed by atoms with Gasteiger partial charge in [-0.15, -0.1) is 0 Å². The van der Waals surface area contributed by atoms with Crippen LogP contribution in [0.2, 0.25) is 0 Å². The molecule has 0 aliphatic carbocycles. The van der Waals surface area contributed by atoms with Gasteiger partial charge in [-0.05, 0) is 49.7 Å². The molecule has 1 amide bonds. The van der Waals surface area contributed by atoms with Crippen LogP contribution >= 0.6 is 0 Å². The van der Waals surface area contributed by atoms with Crippen LogP contribution in [0.4, 0.5) is 5.69 Å². The zero-order valence-electron chi connectivity index (χ0n) is 15.2. The lowest BCUT2D eigenvalue weighted by Crippen LogP contribution is -2.51. The number of amides is 1. The van der Waals surface area contributed by atoms with Crippen molar-refractivity contribution in [1.82, 2.24) is 0 Å². The molecule has 1 atom stereocenters. The molecule has 0 aliphatic heterocycles. The Morgan fingerprint density at radius 2 is 1.85 bits per heavy atom. The van der Waals surface area contributed by atoms with E-state index in [1.165, 1.54) is 6.92 Å². The maximum Gasteiger partial charge on any atom is 0.246 e. The second-order valence-corrected chi connectivity index (χ2v) is 6.33. The molecule has 0 bridgehead atoms. The van der Waals surface area contributed by atoms with Crippen LogP contribution in [-0.4, -0.2) is 29.8 Å². The fourth-order valence-electron chi connectivity index (χ4n) is 2.05. The third-order valence-corrected chi connectivity index (χ3v) is 3.77. The summed E-state index contributed by atoms with van der Waals surface area (Å²) in [7, 11) is 0. The monoisotopic (exact) mass is 358 g/mol. The molecule has 0 saturated carbocycles. The zero-order valence-corrected chi connectivity index (χ0v) is 15.2. The number of carbonyl (C=O) groups is 1. The molecule has 6 nitrogen and oxygen atoms in total. The van der Waals surface area contributed by atoms with Crippen LogP contribution < -0.4 is 20.5 Å². The van der Waals surface area contributed by atoms with Crippen molar-refractivity contribution < 1.29 is 19.4 Å². The summed E-state index contributed by atoms with van der Waals surface area (Å²) in [5, 5.41) is 11.8. The first-order valence-corrected chi connectivity index (χ1v) is 8.66. The lowest BCUT2D eigenvalue weighted by atomic mass is 10.0. The largest absolute Gasteiger partial charge is 0.493 e. The molecule has 2 rings (SSSR count). The van der Waals surface area contributed by atoms with E-state index in [0.717, 1.165) is 18.6 Å². The third kappa shape index (κ3) is 5.75. The number of aliphatic hydroxyl groups is 1. The van der Waals surface area contributed by atoms with Gasteiger partial charge < -0.3 is 25.6 Å². The molecule has 2 aromatic rings. The van der Waals surface area contributed by atoms with Crippen LogP contribution in [0.1, 0.15) is 26.7 Å². The Morgan fingerprint density at radius 3 is 2.50 bits per heavy atom. The molecule has 4 N–H and O–H groups in total. The molecular formula is C20H26N2O4. The molecule has 140 valence electrons. The van der Waals surface area contributed by atoms with Crippen molar-refractivity contribution >= 4 is 11.6 Å². The topological polar surface area (TPSA) is 93.8 Å². The van der Waals surface area contributed by atoms with E-state index < -0.39 is 18.1 Å². The quantitative estimate of drug-likeness (QED) is 0.598. The second-order valence-electron chi connectivity index (χ2n) is 6.33. The van der Waals surface area contributed by atoms with Gasteiger partial charge in [0.1, 0.15) is 22.8 Å². The Kier molecular flexibility index (Phi) is 7.00. The minimum Gasteiger partial charge on any atom is -0.493 e. The van der Waals surface area contributed by atoms with E-state index in [-0.39, 0.29) is 0 Å². The van der Waals surface area contributed by atoms with Crippen LogP contribution in [0.3, 0.4) is 0 Å². The summed E-state index contributed by atoms with van der Waals surface area (Å²) in [4.78, 5) is 11.9. The van der Waals surface area contributed by atoms with Crippen LogP contribution in [0.5, 0.6) is 17.2 Å². The number of ether oxygens (including phenoxy) is 2. The standard InChI is InChI=1S/C20H26N2O4/c1-3-4-12-25-17-6-5-7-18(13-17)26-16-10-8-15(9-11-16)22-19(24)20(2,21)14-23/h5-11,13,23H,3-4,12,14,21H2,1-2H3,(H,22,24)/t20-/m0/s1. The van der Waals surface area contributed by atoms with Gasteiger partial charge in [0.15, 0.2) is 0 Å². The van der Waals surface area contributed by atoms with E-state index in [1.54, 1.807) is 24.3 Å². The highest BCUT2D eigenvalue weighted by Crippen LogP contribution is 2.26. The van der Waals surface area contributed by atoms with Crippen LogP contribution in [0, 0.1) is 0 Å². The van der Waals surface area contributed by atoms with Gasteiger partial charge in [-0.2, -0.15) is 0 Å². The molecular weight excluding hydrogens is 332 g/mol. The Hall–Kier alpha value is -2.57. The summed E-state index contributed by atoms with van der Waals surface area (Å²) in [5.74, 6) is 1.62. The minimum absolute atomic E-state index is 0.434. The number of aliphatic hydroxyl groups excluding tert-OH is 1. The molecule has 0 heterocycles. The van der Waals surface area contributed by atoms with Gasteiger partial charge in [-0.25, -0.2) is 0 Å². The zero-order chi connectivity index (χ0) is 19.0. The fraction of sp³-hybridized carbons (Fsp3) is 0.350. The molecule has 6 heteroatoms. The van der Waals surface area contributed by atoms with Crippen molar-refractivity contribution in [3.05, 3.63) is 48.5 Å². The molecule has 2 aromatic carbocycles. The first-order valence-electron chi connectivity index (χ1n) is 8.66. The number of carbonyl (C=O) groups excluding carboxylic acids is 1. The minimum atomic E-state index is -1.33. The molecule has 0 aromatic heterocycles. The average molecular weight is 358 g/mol. The molecule has 0 saturated heterocycles. The third-order valence-electron chi connectivity index (χ3n) is 3.77. The summed E-state index contributed by atoms with van der Waals surface area (Å²) < 4.78 is 11.5. The van der Waals surface area contributed by atoms with Crippen molar-refractivity contribution in [3.63, 3.8) is 0 Å². The maximum atomic E-state index is 11.9. The van der Waals surface area contributed by atoms with Crippen LogP contribution in [0.15, 0.2) is 48.5 Å². The lowest BCUT2D eigenvalue weighted by molar-refractivity contribution is -0.121. The Morgan fingerprint density at radius 1 is 1.15 bits per heavy atom. The summed E-state index contributed by atoms with van der Waals surface area (Å²) in [5.41, 5.74) is 4.95. The highest BCUT2D eigenvalue weighted by Gasteiger charge is 2.27. The van der Waals surface area contributed by atoms with Crippen molar-refractivity contribution in [1.29, 1.82) is 0 Å². The smallest absolute Gasteiger partial charge is 0.246 e. The first kappa shape index (κ1) is 19.8. The first-order chi connectivity index (χ1) is 12.4. The number of benzene rings is 2. The van der Waals surface area contributed by atoms with Gasteiger partial charge in [0.2, 0.25) is 5.91 Å². The van der Waals surface area contributed by atoms with Gasteiger partial charge in [0.25, 0.3) is 0 Å². The number of nitrogens with two attached hydrogens (primary N) is 1. The number of hydrogen-bond acceptors (Lipinski definition) is 5. The molecule has 0 unspecified atom stereocenters. The van der Waals surface area contributed by atoms with E-state index >= 15 is 0 Å². The molecule has 0 aliphatic rings. The SMILES string of the molecule is CCCCOc1cccc(Oc2ccc(NC(=O)[C@@](C)(N)CO)cc2)c1. The predicted molar refractivity (Wildman–Crippen MR) is 102 cm³/mol. The normalized spacial score (nSPS) is 12.9. The van der Waals surface area contributed by atoms with Crippen LogP contribution in [-0.2, 0) is 4.79 Å². The fourth-order valence-corrected chi connectivity index (χ4v) is 2.05. The molecule has 0 fully saturated rings. The van der Waals surface area contributed by atoms with Gasteiger partial charge in [0, 0.05) is 11.8 Å².